The number of benzene rings is 2. The highest BCUT2D eigenvalue weighted by Gasteiger charge is 2.38. The van der Waals surface area contributed by atoms with Crippen LogP contribution in [0.25, 0.3) is 0 Å². The fourth-order valence-electron chi connectivity index (χ4n) is 10.4. The van der Waals surface area contributed by atoms with E-state index in [-0.39, 0.29) is 11.1 Å². The molecule has 60 heavy (non-hydrogen) atoms. The Morgan fingerprint density at radius 2 is 1.00 bits per heavy atom. The van der Waals surface area contributed by atoms with Crippen molar-refractivity contribution in [2.24, 2.45) is 0 Å². The number of hydrogen-bond donors (Lipinski definition) is 2. The number of pyridine rings is 2. The highest BCUT2D eigenvalue weighted by atomic mass is 16.5. The summed E-state index contributed by atoms with van der Waals surface area (Å²) in [6, 6.07) is 21.5. The quantitative estimate of drug-likeness (QED) is 0.177. The number of fused-ring (bicyclic) bond motifs is 6. The summed E-state index contributed by atoms with van der Waals surface area (Å²) >= 11 is 0. The molecule has 6 aliphatic heterocycles. The molecule has 0 radical (unpaired) electrons. The van der Waals surface area contributed by atoms with Gasteiger partial charge in [0.2, 0.25) is 11.1 Å². The molecule has 4 atom stereocenters. The van der Waals surface area contributed by atoms with Gasteiger partial charge in [0.1, 0.15) is 11.5 Å². The van der Waals surface area contributed by atoms with Crippen molar-refractivity contribution < 1.29 is 18.9 Å². The molecule has 2 aromatic heterocycles. The fraction of sp³-hybridized carbons (Fsp3) is 0.542. The fourth-order valence-corrected chi connectivity index (χ4v) is 10.4. The van der Waals surface area contributed by atoms with E-state index in [1.54, 1.807) is 12.1 Å². The number of hydrogen-bond acceptors (Lipinski definition) is 10. The van der Waals surface area contributed by atoms with E-state index in [0.717, 1.165) is 129 Å². The SMILES string of the molecule is O=c1ccc([C@@H]2CN3CCC[C@H]3c3cc(OCCCN4CCOCC4)ccc32)c[nH]1.O=c1ccc([C@H]2CN3CCC[C@H]3c3cc(OCCCN4CCOCC4)ccc32)c[nH]1. The van der Waals surface area contributed by atoms with Crippen molar-refractivity contribution in [3.05, 3.63) is 127 Å². The van der Waals surface area contributed by atoms with Gasteiger partial charge >= 0.3 is 0 Å². The number of aromatic nitrogens is 2. The van der Waals surface area contributed by atoms with Gasteiger partial charge in [-0.25, -0.2) is 0 Å². The lowest BCUT2D eigenvalue weighted by atomic mass is 9.82. The first-order valence-electron chi connectivity index (χ1n) is 22.5. The van der Waals surface area contributed by atoms with Crippen molar-refractivity contribution in [1.82, 2.24) is 29.6 Å². The van der Waals surface area contributed by atoms with Gasteiger partial charge in [0, 0.05) is 101 Å². The van der Waals surface area contributed by atoms with Crippen LogP contribution in [0.15, 0.2) is 82.6 Å². The smallest absolute Gasteiger partial charge is 0.247 e. The van der Waals surface area contributed by atoms with E-state index in [0.29, 0.717) is 23.9 Å². The van der Waals surface area contributed by atoms with Crippen LogP contribution in [-0.2, 0) is 9.47 Å². The first kappa shape index (κ1) is 41.1. The largest absolute Gasteiger partial charge is 0.494 e. The summed E-state index contributed by atoms with van der Waals surface area (Å²) in [6.07, 6.45) is 10.7. The van der Waals surface area contributed by atoms with Gasteiger partial charge in [-0.15, -0.1) is 0 Å². The van der Waals surface area contributed by atoms with E-state index in [2.05, 4.69) is 66.0 Å². The molecule has 0 aliphatic carbocycles. The Hall–Kier alpha value is -4.30. The average Bonchev–Trinajstić information content (AvgIpc) is 3.98. The zero-order chi connectivity index (χ0) is 40.7. The molecule has 12 heteroatoms. The van der Waals surface area contributed by atoms with Crippen LogP contribution in [0.5, 0.6) is 11.5 Å². The highest BCUT2D eigenvalue weighted by molar-refractivity contribution is 5.47. The van der Waals surface area contributed by atoms with Crippen LogP contribution in [0.2, 0.25) is 0 Å². The molecule has 8 heterocycles. The van der Waals surface area contributed by atoms with E-state index in [4.69, 9.17) is 18.9 Å². The molecule has 0 spiro atoms. The molecule has 10 rings (SSSR count). The minimum atomic E-state index is -0.0466. The molecule has 0 unspecified atom stereocenters. The molecule has 4 aromatic rings. The molecule has 2 aromatic carbocycles. The second-order valence-electron chi connectivity index (χ2n) is 17.3. The van der Waals surface area contributed by atoms with E-state index in [9.17, 15) is 9.59 Å². The molecule has 12 nitrogen and oxygen atoms in total. The van der Waals surface area contributed by atoms with Gasteiger partial charge in [-0.05, 0) is 109 Å². The third kappa shape index (κ3) is 9.75. The van der Waals surface area contributed by atoms with Crippen LogP contribution in [0, 0.1) is 0 Å². The Bertz CT molecular complexity index is 1950. The van der Waals surface area contributed by atoms with E-state index >= 15 is 0 Å². The maximum absolute atomic E-state index is 11.5. The van der Waals surface area contributed by atoms with Gasteiger partial charge in [-0.3, -0.25) is 29.2 Å². The van der Waals surface area contributed by atoms with Crippen molar-refractivity contribution in [2.45, 2.75) is 62.4 Å². The minimum absolute atomic E-state index is 0.0466. The maximum Gasteiger partial charge on any atom is 0.247 e. The molecule has 2 N–H and O–H groups in total. The molecule has 320 valence electrons. The average molecular weight is 819 g/mol. The zero-order valence-corrected chi connectivity index (χ0v) is 35.0. The van der Waals surface area contributed by atoms with Gasteiger partial charge in [0.05, 0.1) is 39.6 Å². The summed E-state index contributed by atoms with van der Waals surface area (Å²) in [7, 11) is 0. The summed E-state index contributed by atoms with van der Waals surface area (Å²) in [5, 5.41) is 0. The third-order valence-electron chi connectivity index (χ3n) is 13.6. The van der Waals surface area contributed by atoms with Gasteiger partial charge in [-0.1, -0.05) is 24.3 Å². The van der Waals surface area contributed by atoms with Crippen LogP contribution >= 0.6 is 0 Å². The predicted octanol–water partition coefficient (Wildman–Crippen LogP) is 5.52. The Morgan fingerprint density at radius 1 is 0.550 bits per heavy atom. The van der Waals surface area contributed by atoms with Crippen molar-refractivity contribution >= 4 is 0 Å². The summed E-state index contributed by atoms with van der Waals surface area (Å²) in [5.41, 5.74) is 7.84. The third-order valence-corrected chi connectivity index (χ3v) is 13.6. The van der Waals surface area contributed by atoms with Crippen LogP contribution < -0.4 is 20.6 Å². The molecule has 4 fully saturated rings. The summed E-state index contributed by atoms with van der Waals surface area (Å²) in [5.74, 6) is 2.54. The standard InChI is InChI=1S/2C24H31N3O3/c2*28-24-7-4-18(16-25-24)22-17-27-9-1-3-23(27)21-15-19(5-6-20(21)22)30-12-2-8-26-10-13-29-14-11-26/h2*4-7,15-16,22-23H,1-3,8-14,17H2,(H,25,28)/t22-,23+;22-,23-/m10/s1. The first-order valence-corrected chi connectivity index (χ1v) is 22.5. The van der Waals surface area contributed by atoms with Crippen molar-refractivity contribution in [3.8, 4) is 11.5 Å². The van der Waals surface area contributed by atoms with Crippen LogP contribution in [0.4, 0.5) is 0 Å². The summed E-state index contributed by atoms with van der Waals surface area (Å²) < 4.78 is 23.1. The van der Waals surface area contributed by atoms with Crippen LogP contribution in [0.1, 0.15) is 95.8 Å². The number of H-pyrrole nitrogens is 2. The Morgan fingerprint density at radius 3 is 1.42 bits per heavy atom. The lowest BCUT2D eigenvalue weighted by Gasteiger charge is -2.37. The predicted molar refractivity (Wildman–Crippen MR) is 233 cm³/mol. The number of morpholine rings is 2. The topological polar surface area (TPSA) is 116 Å². The molecule has 0 amide bonds. The number of aromatic amines is 2. The first-order chi connectivity index (χ1) is 29.6. The zero-order valence-electron chi connectivity index (χ0n) is 35.0. The number of nitrogens with zero attached hydrogens (tertiary/aromatic N) is 4. The van der Waals surface area contributed by atoms with E-state index in [1.165, 1.54) is 59.1 Å². The Kier molecular flexibility index (Phi) is 13.4. The van der Waals surface area contributed by atoms with Crippen LogP contribution in [0.3, 0.4) is 0 Å². The van der Waals surface area contributed by atoms with Crippen molar-refractivity contribution in [2.75, 3.05) is 105 Å². The normalized spacial score (nSPS) is 24.4. The molecule has 0 bridgehead atoms. The van der Waals surface area contributed by atoms with Crippen molar-refractivity contribution in [1.29, 1.82) is 0 Å². The molecular formula is C48H62N6O6. The van der Waals surface area contributed by atoms with E-state index in [1.807, 2.05) is 24.5 Å². The van der Waals surface area contributed by atoms with Gasteiger partial charge in [0.25, 0.3) is 0 Å². The molecular weight excluding hydrogens is 757 g/mol. The van der Waals surface area contributed by atoms with E-state index < -0.39 is 0 Å². The number of nitrogens with one attached hydrogen (secondary N) is 2. The number of ether oxygens (including phenoxy) is 4. The van der Waals surface area contributed by atoms with Gasteiger partial charge in [0.15, 0.2) is 0 Å². The summed E-state index contributed by atoms with van der Waals surface area (Å²) in [4.78, 5) is 38.8. The maximum atomic E-state index is 11.5. The second-order valence-corrected chi connectivity index (χ2v) is 17.3. The molecule has 0 saturated carbocycles. The van der Waals surface area contributed by atoms with Crippen LogP contribution in [-0.4, -0.2) is 135 Å². The van der Waals surface area contributed by atoms with Gasteiger partial charge < -0.3 is 28.9 Å². The monoisotopic (exact) mass is 818 g/mol. The molecule has 4 saturated heterocycles. The minimum Gasteiger partial charge on any atom is -0.494 e. The Labute approximate surface area is 353 Å². The summed E-state index contributed by atoms with van der Waals surface area (Å²) in [6.45, 7) is 15.5. The number of rotatable bonds is 12. The molecule has 6 aliphatic rings. The highest BCUT2D eigenvalue weighted by Crippen LogP contribution is 2.46. The lowest BCUT2D eigenvalue weighted by Crippen LogP contribution is -2.37. The lowest BCUT2D eigenvalue weighted by molar-refractivity contribution is 0.0357. The van der Waals surface area contributed by atoms with Gasteiger partial charge in [-0.2, -0.15) is 0 Å². The Balaban J connectivity index is 0.000000154. The van der Waals surface area contributed by atoms with Crippen molar-refractivity contribution in [3.63, 3.8) is 0 Å². The second kappa shape index (κ2) is 19.6.